The highest BCUT2D eigenvalue weighted by Gasteiger charge is 2.26. The van der Waals surface area contributed by atoms with Crippen LogP contribution < -0.4 is 14.8 Å². The number of phenols is 1. The minimum atomic E-state index is -0.0572. The van der Waals surface area contributed by atoms with Crippen LogP contribution in [0.4, 0.5) is 5.69 Å². The molecule has 7 heteroatoms. The first-order valence-corrected chi connectivity index (χ1v) is 10.4. The summed E-state index contributed by atoms with van der Waals surface area (Å²) in [6, 6.07) is 10.7. The number of ether oxygens (including phenoxy) is 2. The van der Waals surface area contributed by atoms with Crippen LogP contribution in [0.3, 0.4) is 0 Å². The van der Waals surface area contributed by atoms with Crippen molar-refractivity contribution in [2.24, 2.45) is 5.92 Å². The molecular weight excluding hydrogens is 392 g/mol. The van der Waals surface area contributed by atoms with Gasteiger partial charge in [0.1, 0.15) is 5.75 Å². The number of piperidine rings is 1. The number of halogens is 1. The molecule has 6 nitrogen and oxygen atoms in total. The average molecular weight is 417 g/mol. The standard InChI is InChI=1S/C22H25ClN2O4/c23-17-12-15(13-20-21(17)29-11-3-10-28-20)14-25-8-6-16(7-9-25)22(27)24-18-4-1-2-5-19(18)26/h1-2,4-5,12-13,16,26H,3,6-11,14H2,(H,24,27). The second-order valence-electron chi connectivity index (χ2n) is 7.51. The van der Waals surface area contributed by atoms with E-state index in [1.807, 2.05) is 12.1 Å². The summed E-state index contributed by atoms with van der Waals surface area (Å²) in [7, 11) is 0. The van der Waals surface area contributed by atoms with Gasteiger partial charge in [-0.25, -0.2) is 0 Å². The fourth-order valence-corrected chi connectivity index (χ4v) is 4.09. The van der Waals surface area contributed by atoms with Crippen molar-refractivity contribution in [1.29, 1.82) is 0 Å². The highest BCUT2D eigenvalue weighted by atomic mass is 35.5. The fraction of sp³-hybridized carbons (Fsp3) is 0.409. The second-order valence-corrected chi connectivity index (χ2v) is 7.92. The molecule has 154 valence electrons. The number of amides is 1. The lowest BCUT2D eigenvalue weighted by Crippen LogP contribution is -2.37. The zero-order valence-corrected chi connectivity index (χ0v) is 17.0. The predicted octanol–water partition coefficient (Wildman–Crippen LogP) is 4.06. The number of hydrogen-bond donors (Lipinski definition) is 2. The number of likely N-dealkylation sites (tertiary alicyclic amines) is 1. The summed E-state index contributed by atoms with van der Waals surface area (Å²) >= 11 is 6.40. The molecule has 2 heterocycles. The van der Waals surface area contributed by atoms with Crippen LogP contribution >= 0.6 is 11.6 Å². The summed E-state index contributed by atoms with van der Waals surface area (Å²) in [5.41, 5.74) is 1.54. The lowest BCUT2D eigenvalue weighted by Gasteiger charge is -2.31. The molecule has 0 bridgehead atoms. The number of para-hydroxylation sites is 2. The molecule has 2 aliphatic rings. The number of fused-ring (bicyclic) bond motifs is 1. The van der Waals surface area contributed by atoms with Crippen molar-refractivity contribution in [1.82, 2.24) is 4.90 Å². The SMILES string of the molecule is O=C(Nc1ccccc1O)C1CCN(Cc2cc(Cl)c3c(c2)OCCCO3)CC1. The number of nitrogens with zero attached hydrogens (tertiary/aromatic N) is 1. The van der Waals surface area contributed by atoms with E-state index in [4.69, 9.17) is 21.1 Å². The lowest BCUT2D eigenvalue weighted by atomic mass is 9.95. The van der Waals surface area contributed by atoms with Gasteiger partial charge in [0.05, 0.1) is 23.9 Å². The zero-order valence-electron chi connectivity index (χ0n) is 16.2. The van der Waals surface area contributed by atoms with E-state index in [1.54, 1.807) is 24.3 Å². The van der Waals surface area contributed by atoms with Gasteiger partial charge >= 0.3 is 0 Å². The number of carbonyl (C=O) groups excluding carboxylic acids is 1. The summed E-state index contributed by atoms with van der Waals surface area (Å²) in [6.45, 7) is 3.65. The first-order valence-electron chi connectivity index (χ1n) is 9.99. The molecule has 1 amide bonds. The van der Waals surface area contributed by atoms with Crippen molar-refractivity contribution in [3.63, 3.8) is 0 Å². The number of rotatable bonds is 4. The van der Waals surface area contributed by atoms with E-state index < -0.39 is 0 Å². The van der Waals surface area contributed by atoms with Gasteiger partial charge in [0, 0.05) is 18.9 Å². The molecule has 0 radical (unpaired) electrons. The van der Waals surface area contributed by atoms with Crippen LogP contribution in [0.1, 0.15) is 24.8 Å². The third-order valence-electron chi connectivity index (χ3n) is 5.39. The fourth-order valence-electron chi connectivity index (χ4n) is 3.80. The van der Waals surface area contributed by atoms with Crippen molar-refractivity contribution in [2.75, 3.05) is 31.6 Å². The zero-order chi connectivity index (χ0) is 20.2. The van der Waals surface area contributed by atoms with Gasteiger partial charge in [-0.1, -0.05) is 23.7 Å². The summed E-state index contributed by atoms with van der Waals surface area (Å²) < 4.78 is 11.5. The number of phenolic OH excluding ortho intramolecular Hbond substituents is 1. The van der Waals surface area contributed by atoms with E-state index >= 15 is 0 Å². The minimum Gasteiger partial charge on any atom is -0.506 e. The van der Waals surface area contributed by atoms with Crippen LogP contribution in [-0.2, 0) is 11.3 Å². The minimum absolute atomic E-state index is 0.0372. The van der Waals surface area contributed by atoms with Crippen molar-refractivity contribution in [2.45, 2.75) is 25.8 Å². The van der Waals surface area contributed by atoms with Crippen LogP contribution in [0.2, 0.25) is 5.02 Å². The van der Waals surface area contributed by atoms with Crippen molar-refractivity contribution >= 4 is 23.2 Å². The monoisotopic (exact) mass is 416 g/mol. The molecule has 0 aliphatic carbocycles. The van der Waals surface area contributed by atoms with Crippen LogP contribution in [0.15, 0.2) is 36.4 Å². The Hall–Kier alpha value is -2.44. The molecule has 2 aromatic rings. The van der Waals surface area contributed by atoms with Gasteiger partial charge in [-0.3, -0.25) is 9.69 Å². The van der Waals surface area contributed by atoms with E-state index in [9.17, 15) is 9.90 Å². The van der Waals surface area contributed by atoms with Gasteiger partial charge in [0.15, 0.2) is 11.5 Å². The number of anilines is 1. The quantitative estimate of drug-likeness (QED) is 0.735. The number of carbonyl (C=O) groups is 1. The van der Waals surface area contributed by atoms with Gasteiger partial charge < -0.3 is 19.9 Å². The lowest BCUT2D eigenvalue weighted by molar-refractivity contribution is -0.121. The Bertz CT molecular complexity index is 881. The molecule has 0 saturated carbocycles. The molecule has 29 heavy (non-hydrogen) atoms. The van der Waals surface area contributed by atoms with Gasteiger partial charge in [-0.05, 0) is 55.8 Å². The van der Waals surface area contributed by atoms with E-state index in [0.29, 0.717) is 35.4 Å². The molecular formula is C22H25ClN2O4. The van der Waals surface area contributed by atoms with Crippen LogP contribution in [0, 0.1) is 5.92 Å². The van der Waals surface area contributed by atoms with Gasteiger partial charge in [-0.2, -0.15) is 0 Å². The molecule has 2 aromatic carbocycles. The van der Waals surface area contributed by atoms with Crippen LogP contribution in [-0.4, -0.2) is 42.2 Å². The summed E-state index contributed by atoms with van der Waals surface area (Å²) in [5.74, 6) is 1.34. The molecule has 1 fully saturated rings. The van der Waals surface area contributed by atoms with Crippen molar-refractivity contribution in [3.05, 3.63) is 47.0 Å². The molecule has 0 unspecified atom stereocenters. The number of hydrogen-bond acceptors (Lipinski definition) is 5. The maximum atomic E-state index is 12.5. The average Bonchev–Trinajstić information content (AvgIpc) is 2.96. The largest absolute Gasteiger partial charge is 0.506 e. The molecule has 0 spiro atoms. The molecule has 1 saturated heterocycles. The van der Waals surface area contributed by atoms with E-state index in [0.717, 1.165) is 44.5 Å². The van der Waals surface area contributed by atoms with E-state index in [-0.39, 0.29) is 17.6 Å². The maximum absolute atomic E-state index is 12.5. The normalized spacial score (nSPS) is 17.6. The van der Waals surface area contributed by atoms with Crippen LogP contribution in [0.5, 0.6) is 17.2 Å². The van der Waals surface area contributed by atoms with E-state index in [2.05, 4.69) is 10.2 Å². The maximum Gasteiger partial charge on any atom is 0.227 e. The molecule has 2 aliphatic heterocycles. The molecule has 2 N–H and O–H groups in total. The topological polar surface area (TPSA) is 71.0 Å². The Kier molecular flexibility index (Phi) is 6.11. The second kappa shape index (κ2) is 8.93. The van der Waals surface area contributed by atoms with Gasteiger partial charge in [0.25, 0.3) is 0 Å². The summed E-state index contributed by atoms with van der Waals surface area (Å²) in [6.07, 6.45) is 2.39. The number of nitrogens with one attached hydrogen (secondary N) is 1. The van der Waals surface area contributed by atoms with Gasteiger partial charge in [-0.15, -0.1) is 0 Å². The summed E-state index contributed by atoms with van der Waals surface area (Å²) in [5, 5.41) is 13.3. The number of benzene rings is 2. The van der Waals surface area contributed by atoms with E-state index in [1.165, 1.54) is 0 Å². The smallest absolute Gasteiger partial charge is 0.227 e. The first kappa shape index (κ1) is 19.9. The third-order valence-corrected chi connectivity index (χ3v) is 5.67. The van der Waals surface area contributed by atoms with Crippen molar-refractivity contribution < 1.29 is 19.4 Å². The summed E-state index contributed by atoms with van der Waals surface area (Å²) in [4.78, 5) is 14.9. The Morgan fingerprint density at radius 2 is 1.93 bits per heavy atom. The Labute approximate surface area is 175 Å². The van der Waals surface area contributed by atoms with Gasteiger partial charge in [0.2, 0.25) is 5.91 Å². The molecule has 4 rings (SSSR count). The molecule has 0 aromatic heterocycles. The predicted molar refractivity (Wildman–Crippen MR) is 112 cm³/mol. The first-order chi connectivity index (χ1) is 14.1. The highest BCUT2D eigenvalue weighted by molar-refractivity contribution is 6.32. The third kappa shape index (κ3) is 4.77. The molecule has 0 atom stereocenters. The van der Waals surface area contributed by atoms with Crippen LogP contribution in [0.25, 0.3) is 0 Å². The van der Waals surface area contributed by atoms with Crippen molar-refractivity contribution in [3.8, 4) is 17.2 Å². The Morgan fingerprint density at radius 1 is 1.17 bits per heavy atom. The highest BCUT2D eigenvalue weighted by Crippen LogP contribution is 2.38. The Balaban J connectivity index is 1.33. The number of aromatic hydroxyl groups is 1. The Morgan fingerprint density at radius 3 is 2.72 bits per heavy atom.